The molecule has 4 nitrogen and oxygen atoms in total. The van der Waals surface area contributed by atoms with Gasteiger partial charge in [-0.25, -0.2) is 4.98 Å². The average molecular weight is 270 g/mol. The van der Waals surface area contributed by atoms with Crippen molar-refractivity contribution in [2.45, 2.75) is 38.6 Å². The lowest BCUT2D eigenvalue weighted by Gasteiger charge is -2.28. The van der Waals surface area contributed by atoms with Crippen molar-refractivity contribution in [3.8, 4) is 5.88 Å². The zero-order chi connectivity index (χ0) is 13.0. The summed E-state index contributed by atoms with van der Waals surface area (Å²) in [6, 6.07) is 2.37. The molecule has 0 bridgehead atoms. The summed E-state index contributed by atoms with van der Waals surface area (Å²) in [6.07, 6.45) is 4.98. The molecule has 1 fully saturated rings. The molecule has 0 amide bonds. The summed E-state index contributed by atoms with van der Waals surface area (Å²) in [7, 11) is 1.63. The first-order valence-electron chi connectivity index (χ1n) is 6.47. The predicted octanol–water partition coefficient (Wildman–Crippen LogP) is 2.78. The van der Waals surface area contributed by atoms with Gasteiger partial charge in [0, 0.05) is 30.2 Å². The molecule has 100 valence electrons. The highest BCUT2D eigenvalue weighted by Crippen LogP contribution is 2.27. The lowest BCUT2D eigenvalue weighted by atomic mass is 10.2. The SMILES string of the molecule is COc1cc(C)nc(N(CCCl)C2CCCC2)n1. The summed E-state index contributed by atoms with van der Waals surface area (Å²) in [4.78, 5) is 11.2. The van der Waals surface area contributed by atoms with Crippen LogP contribution in [0.3, 0.4) is 0 Å². The number of aryl methyl sites for hydroxylation is 1. The molecular weight excluding hydrogens is 250 g/mol. The zero-order valence-electron chi connectivity index (χ0n) is 11.0. The summed E-state index contributed by atoms with van der Waals surface area (Å²) in [5.41, 5.74) is 0.925. The number of hydrogen-bond acceptors (Lipinski definition) is 4. The van der Waals surface area contributed by atoms with Crippen molar-refractivity contribution in [1.29, 1.82) is 0 Å². The molecule has 0 spiro atoms. The minimum absolute atomic E-state index is 0.523. The Bertz CT molecular complexity index is 394. The van der Waals surface area contributed by atoms with Crippen molar-refractivity contribution in [3.63, 3.8) is 0 Å². The summed E-state index contributed by atoms with van der Waals surface area (Å²) >= 11 is 5.91. The average Bonchev–Trinajstić information content (AvgIpc) is 2.88. The second-order valence-corrected chi connectivity index (χ2v) is 5.05. The van der Waals surface area contributed by atoms with Crippen LogP contribution in [0.25, 0.3) is 0 Å². The minimum Gasteiger partial charge on any atom is -0.481 e. The summed E-state index contributed by atoms with van der Waals surface area (Å²) in [5, 5.41) is 0. The Morgan fingerprint density at radius 3 is 2.72 bits per heavy atom. The van der Waals surface area contributed by atoms with E-state index in [0.717, 1.165) is 18.2 Å². The van der Waals surface area contributed by atoms with Crippen LogP contribution in [0.4, 0.5) is 5.95 Å². The number of alkyl halides is 1. The molecule has 0 atom stereocenters. The summed E-state index contributed by atoms with van der Waals surface area (Å²) in [6.45, 7) is 2.75. The van der Waals surface area contributed by atoms with Gasteiger partial charge < -0.3 is 9.64 Å². The highest BCUT2D eigenvalue weighted by atomic mass is 35.5. The molecule has 0 N–H and O–H groups in total. The zero-order valence-corrected chi connectivity index (χ0v) is 11.8. The van der Waals surface area contributed by atoms with E-state index in [2.05, 4.69) is 14.9 Å². The highest BCUT2D eigenvalue weighted by Gasteiger charge is 2.24. The number of methoxy groups -OCH3 is 1. The van der Waals surface area contributed by atoms with E-state index in [1.165, 1.54) is 25.7 Å². The van der Waals surface area contributed by atoms with Crippen molar-refractivity contribution in [1.82, 2.24) is 9.97 Å². The standard InChI is InChI=1S/C13H20ClN3O/c1-10-9-12(18-2)16-13(15-10)17(8-7-14)11-5-3-4-6-11/h9,11H,3-8H2,1-2H3. The van der Waals surface area contributed by atoms with Crippen LogP contribution in [-0.2, 0) is 0 Å². The van der Waals surface area contributed by atoms with E-state index in [1.54, 1.807) is 7.11 Å². The number of ether oxygens (including phenoxy) is 1. The van der Waals surface area contributed by atoms with Gasteiger partial charge in [-0.3, -0.25) is 0 Å². The molecule has 1 saturated carbocycles. The van der Waals surface area contributed by atoms with Crippen LogP contribution in [-0.4, -0.2) is 35.5 Å². The lowest BCUT2D eigenvalue weighted by Crippen LogP contribution is -2.36. The molecule has 0 aromatic carbocycles. The number of halogens is 1. The third kappa shape index (κ3) is 3.05. The number of rotatable bonds is 5. The van der Waals surface area contributed by atoms with Crippen LogP contribution in [0.5, 0.6) is 5.88 Å². The van der Waals surface area contributed by atoms with Crippen LogP contribution in [0.1, 0.15) is 31.4 Å². The Morgan fingerprint density at radius 2 is 2.11 bits per heavy atom. The summed E-state index contributed by atoms with van der Waals surface area (Å²) < 4.78 is 5.22. The molecule has 0 radical (unpaired) electrons. The topological polar surface area (TPSA) is 38.2 Å². The first-order chi connectivity index (χ1) is 8.74. The Hall–Kier alpha value is -1.03. The fourth-order valence-corrected chi connectivity index (χ4v) is 2.69. The monoisotopic (exact) mass is 269 g/mol. The number of hydrogen-bond donors (Lipinski definition) is 0. The number of nitrogens with zero attached hydrogens (tertiary/aromatic N) is 3. The second-order valence-electron chi connectivity index (χ2n) is 4.67. The highest BCUT2D eigenvalue weighted by molar-refractivity contribution is 6.18. The van der Waals surface area contributed by atoms with Crippen molar-refractivity contribution < 1.29 is 4.74 Å². The van der Waals surface area contributed by atoms with Crippen molar-refractivity contribution >= 4 is 17.5 Å². The van der Waals surface area contributed by atoms with Gasteiger partial charge in [-0.15, -0.1) is 11.6 Å². The maximum atomic E-state index is 5.91. The van der Waals surface area contributed by atoms with Crippen LogP contribution >= 0.6 is 11.6 Å². The molecule has 18 heavy (non-hydrogen) atoms. The van der Waals surface area contributed by atoms with Gasteiger partial charge >= 0.3 is 0 Å². The molecule has 0 saturated heterocycles. The van der Waals surface area contributed by atoms with Gasteiger partial charge in [-0.1, -0.05) is 12.8 Å². The third-order valence-electron chi connectivity index (χ3n) is 3.38. The first-order valence-corrected chi connectivity index (χ1v) is 7.00. The Labute approximate surface area is 113 Å². The van der Waals surface area contributed by atoms with Crippen LogP contribution < -0.4 is 9.64 Å². The maximum absolute atomic E-state index is 5.91. The van der Waals surface area contributed by atoms with Gasteiger partial charge in [0.25, 0.3) is 0 Å². The van der Waals surface area contributed by atoms with Gasteiger partial charge in [0.05, 0.1) is 7.11 Å². The third-order valence-corrected chi connectivity index (χ3v) is 3.54. The van der Waals surface area contributed by atoms with Gasteiger partial charge in [0.15, 0.2) is 0 Å². The number of anilines is 1. The largest absolute Gasteiger partial charge is 0.481 e. The molecule has 1 aliphatic carbocycles. The molecule has 5 heteroatoms. The molecule has 1 aromatic rings. The van der Waals surface area contributed by atoms with Crippen LogP contribution in [0.2, 0.25) is 0 Å². The fraction of sp³-hybridized carbons (Fsp3) is 0.692. The van der Waals surface area contributed by atoms with Crippen LogP contribution in [0.15, 0.2) is 6.07 Å². The van der Waals surface area contributed by atoms with Gasteiger partial charge in [0.1, 0.15) is 0 Å². The fourth-order valence-electron chi connectivity index (χ4n) is 2.51. The molecule has 1 aliphatic rings. The minimum atomic E-state index is 0.523. The quantitative estimate of drug-likeness (QED) is 0.771. The van der Waals surface area contributed by atoms with Gasteiger partial charge in [-0.05, 0) is 19.8 Å². The second kappa shape index (κ2) is 6.23. The number of aromatic nitrogens is 2. The van der Waals surface area contributed by atoms with E-state index in [-0.39, 0.29) is 0 Å². The Kier molecular flexibility index (Phi) is 4.64. The van der Waals surface area contributed by atoms with Crippen molar-refractivity contribution in [2.24, 2.45) is 0 Å². The predicted molar refractivity (Wildman–Crippen MR) is 73.6 cm³/mol. The summed E-state index contributed by atoms with van der Waals surface area (Å²) in [5.74, 6) is 1.96. The lowest BCUT2D eigenvalue weighted by molar-refractivity contribution is 0.395. The first kappa shape index (κ1) is 13.4. The molecule has 2 rings (SSSR count). The van der Waals surface area contributed by atoms with Crippen molar-refractivity contribution in [3.05, 3.63) is 11.8 Å². The van der Waals surface area contributed by atoms with E-state index in [4.69, 9.17) is 16.3 Å². The van der Waals surface area contributed by atoms with Gasteiger partial charge in [0.2, 0.25) is 11.8 Å². The Morgan fingerprint density at radius 1 is 1.39 bits per heavy atom. The van der Waals surface area contributed by atoms with E-state index < -0.39 is 0 Å². The molecule has 1 aromatic heterocycles. The van der Waals surface area contributed by atoms with E-state index in [1.807, 2.05) is 13.0 Å². The van der Waals surface area contributed by atoms with E-state index >= 15 is 0 Å². The smallest absolute Gasteiger partial charge is 0.229 e. The Balaban J connectivity index is 2.25. The molecule has 0 unspecified atom stereocenters. The van der Waals surface area contributed by atoms with E-state index in [9.17, 15) is 0 Å². The molecule has 0 aliphatic heterocycles. The maximum Gasteiger partial charge on any atom is 0.229 e. The van der Waals surface area contributed by atoms with E-state index in [0.29, 0.717) is 17.8 Å². The molecular formula is C13H20ClN3O. The normalized spacial score (nSPS) is 15.9. The van der Waals surface area contributed by atoms with Gasteiger partial charge in [-0.2, -0.15) is 4.98 Å². The molecule has 1 heterocycles. The van der Waals surface area contributed by atoms with Crippen LogP contribution in [0, 0.1) is 6.92 Å². The van der Waals surface area contributed by atoms with Crippen molar-refractivity contribution in [2.75, 3.05) is 24.4 Å².